The third-order valence-corrected chi connectivity index (χ3v) is 2.36. The van der Waals surface area contributed by atoms with Gasteiger partial charge in [0.2, 0.25) is 5.89 Å². The van der Waals surface area contributed by atoms with Crippen LogP contribution in [0.25, 0.3) is 0 Å². The van der Waals surface area contributed by atoms with Crippen molar-refractivity contribution < 1.29 is 17.0 Å². The van der Waals surface area contributed by atoms with Crippen LogP contribution in [0.3, 0.4) is 0 Å². The van der Waals surface area contributed by atoms with Crippen molar-refractivity contribution in [1.29, 1.82) is 0 Å². The average Bonchev–Trinajstić information content (AvgIpc) is 2.81. The second kappa shape index (κ2) is 3.36. The number of rotatable bonds is 4. The maximum atomic E-state index is 10.7. The van der Waals surface area contributed by atoms with Crippen molar-refractivity contribution in [3.63, 3.8) is 0 Å². The summed E-state index contributed by atoms with van der Waals surface area (Å²) in [6.07, 6.45) is 4.63. The molecule has 1 saturated carbocycles. The van der Waals surface area contributed by atoms with Crippen molar-refractivity contribution in [1.82, 2.24) is 4.98 Å². The van der Waals surface area contributed by atoms with Gasteiger partial charge in [0.15, 0.2) is 0 Å². The molecule has 1 aromatic rings. The lowest BCUT2D eigenvalue weighted by molar-refractivity contribution is 0.270. The van der Waals surface area contributed by atoms with E-state index in [9.17, 15) is 8.42 Å². The molecule has 0 aliphatic heterocycles. The smallest absolute Gasteiger partial charge is 0.264 e. The minimum absolute atomic E-state index is 0.133. The Morgan fingerprint density at radius 2 is 2.29 bits per heavy atom. The molecule has 1 fully saturated rings. The summed E-state index contributed by atoms with van der Waals surface area (Å²) in [6.45, 7) is -0.133. The van der Waals surface area contributed by atoms with E-state index in [0.717, 1.165) is 24.8 Å². The lowest BCUT2D eigenvalue weighted by Crippen LogP contribution is -2.02. The largest absolute Gasteiger partial charge is 0.446 e. The average molecular weight is 216 g/mol. The Hall–Kier alpha value is -0.880. The van der Waals surface area contributed by atoms with Crippen LogP contribution >= 0.6 is 0 Å². The Bertz CT molecular complexity index is 418. The highest BCUT2D eigenvalue weighted by Gasteiger charge is 2.27. The van der Waals surface area contributed by atoms with Gasteiger partial charge >= 0.3 is 0 Å². The third kappa shape index (κ3) is 2.55. The van der Waals surface area contributed by atoms with E-state index in [1.165, 1.54) is 12.2 Å². The zero-order valence-electron chi connectivity index (χ0n) is 7.69. The quantitative estimate of drug-likeness (QED) is 0.698. The van der Waals surface area contributed by atoms with E-state index in [0.29, 0.717) is 5.89 Å². The molecule has 77 valence electrons. The van der Waals surface area contributed by atoms with Gasteiger partial charge in [-0.1, -0.05) is 0 Å². The maximum Gasteiger partial charge on any atom is 0.264 e. The van der Waals surface area contributed by atoms with Crippen LogP contribution in [0.2, 0.25) is 0 Å². The first-order valence-electron chi connectivity index (χ1n) is 4.18. The molecule has 0 spiro atoms. The second-order valence-corrected chi connectivity index (χ2v) is 4.84. The molecule has 14 heavy (non-hydrogen) atoms. The molecule has 5 nitrogen and oxygen atoms in total. The summed E-state index contributed by atoms with van der Waals surface area (Å²) in [4.78, 5) is 4.08. The fourth-order valence-corrected chi connectivity index (χ4v) is 1.33. The summed E-state index contributed by atoms with van der Waals surface area (Å²) in [5, 5.41) is 0. The number of nitrogens with zero attached hydrogens (tertiary/aromatic N) is 1. The molecule has 1 aliphatic rings. The summed E-state index contributed by atoms with van der Waals surface area (Å²) in [7, 11) is -3.42. The molecule has 0 bridgehead atoms. The van der Waals surface area contributed by atoms with Gasteiger partial charge in [0, 0.05) is 5.92 Å². The molecule has 1 radical (unpaired) electrons. The van der Waals surface area contributed by atoms with Crippen molar-refractivity contribution in [3.05, 3.63) is 23.8 Å². The predicted molar refractivity (Wildman–Crippen MR) is 47.7 cm³/mol. The lowest BCUT2D eigenvalue weighted by atomic mass is 10.3. The number of oxazole rings is 1. The molecule has 0 N–H and O–H groups in total. The Labute approximate surface area is 82.2 Å². The zero-order valence-corrected chi connectivity index (χ0v) is 8.50. The molecule has 1 aromatic heterocycles. The van der Waals surface area contributed by atoms with Crippen LogP contribution in [-0.2, 0) is 20.9 Å². The second-order valence-electron chi connectivity index (χ2n) is 3.20. The Morgan fingerprint density at radius 3 is 2.86 bits per heavy atom. The van der Waals surface area contributed by atoms with Crippen molar-refractivity contribution in [2.24, 2.45) is 0 Å². The fourth-order valence-electron chi connectivity index (χ4n) is 1.02. The van der Waals surface area contributed by atoms with Crippen LogP contribution in [0.5, 0.6) is 0 Å². The van der Waals surface area contributed by atoms with E-state index < -0.39 is 10.1 Å². The van der Waals surface area contributed by atoms with Gasteiger partial charge in [-0.15, -0.1) is 0 Å². The van der Waals surface area contributed by atoms with Crippen molar-refractivity contribution in [3.8, 4) is 0 Å². The van der Waals surface area contributed by atoms with Gasteiger partial charge in [-0.2, -0.15) is 8.42 Å². The zero-order chi connectivity index (χ0) is 10.2. The van der Waals surface area contributed by atoms with Crippen LogP contribution < -0.4 is 0 Å². The maximum absolute atomic E-state index is 10.7. The van der Waals surface area contributed by atoms with E-state index in [2.05, 4.69) is 9.17 Å². The van der Waals surface area contributed by atoms with Crippen molar-refractivity contribution in [2.75, 3.05) is 6.26 Å². The van der Waals surface area contributed by atoms with Crippen LogP contribution in [0.4, 0.5) is 0 Å². The van der Waals surface area contributed by atoms with E-state index in [1.807, 2.05) is 0 Å². The molecule has 6 heteroatoms. The molecule has 2 rings (SSSR count). The molecule has 0 aromatic carbocycles. The summed E-state index contributed by atoms with van der Waals surface area (Å²) >= 11 is 0. The van der Waals surface area contributed by atoms with Gasteiger partial charge in [0.25, 0.3) is 10.1 Å². The topological polar surface area (TPSA) is 69.4 Å². The molecular formula is C8H10NO4S. The van der Waals surface area contributed by atoms with Gasteiger partial charge < -0.3 is 4.42 Å². The Balaban J connectivity index is 1.96. The van der Waals surface area contributed by atoms with Gasteiger partial charge in [-0.05, 0) is 12.8 Å². The summed E-state index contributed by atoms with van der Waals surface area (Å²) in [5.74, 6) is 1.55. The minimum atomic E-state index is -3.42. The highest BCUT2D eigenvalue weighted by Crippen LogP contribution is 2.38. The van der Waals surface area contributed by atoms with Crippen molar-refractivity contribution >= 4 is 10.1 Å². The van der Waals surface area contributed by atoms with Crippen molar-refractivity contribution in [2.45, 2.75) is 19.4 Å². The normalized spacial score (nSPS) is 17.2. The fraction of sp³-hybridized carbons (Fsp3) is 0.500. The molecular weight excluding hydrogens is 206 g/mol. The SMILES string of the molecule is CS(=O)(=O)OCc1nc([C]2CC2)co1. The van der Waals surface area contributed by atoms with E-state index in [-0.39, 0.29) is 6.61 Å². The van der Waals surface area contributed by atoms with E-state index in [1.54, 1.807) is 0 Å². The summed E-state index contributed by atoms with van der Waals surface area (Å²) in [5.41, 5.74) is 0.817. The number of aromatic nitrogens is 1. The molecule has 1 aliphatic carbocycles. The predicted octanol–water partition coefficient (Wildman–Crippen LogP) is 0.867. The summed E-state index contributed by atoms with van der Waals surface area (Å²) in [6, 6.07) is 0. The van der Waals surface area contributed by atoms with Crippen LogP contribution in [0.15, 0.2) is 10.7 Å². The standard InChI is InChI=1S/C8H10NO4S/c1-14(10,11)13-5-8-9-7(4-12-8)6-2-3-6/h4H,2-3,5H2,1H3. The summed E-state index contributed by atoms with van der Waals surface area (Å²) < 4.78 is 30.9. The Morgan fingerprint density at radius 1 is 1.57 bits per heavy atom. The lowest BCUT2D eigenvalue weighted by Gasteiger charge is -1.95. The van der Waals surface area contributed by atoms with Crippen LogP contribution in [0.1, 0.15) is 24.4 Å². The van der Waals surface area contributed by atoms with Gasteiger partial charge in [-0.25, -0.2) is 4.98 Å². The number of hydrogen-bond donors (Lipinski definition) is 0. The van der Waals surface area contributed by atoms with Crippen LogP contribution in [0, 0.1) is 5.92 Å². The van der Waals surface area contributed by atoms with Gasteiger partial charge in [0.05, 0.1) is 11.9 Å². The Kier molecular flexibility index (Phi) is 2.32. The van der Waals surface area contributed by atoms with Gasteiger partial charge in [-0.3, -0.25) is 4.18 Å². The van der Waals surface area contributed by atoms with E-state index in [4.69, 9.17) is 4.42 Å². The minimum Gasteiger partial charge on any atom is -0.446 e. The van der Waals surface area contributed by atoms with E-state index >= 15 is 0 Å². The molecule has 0 unspecified atom stereocenters. The molecule has 0 saturated heterocycles. The third-order valence-electron chi connectivity index (χ3n) is 1.81. The molecule has 0 amide bonds. The number of hydrogen-bond acceptors (Lipinski definition) is 5. The monoisotopic (exact) mass is 216 g/mol. The first kappa shape index (κ1) is 9.67. The first-order valence-corrected chi connectivity index (χ1v) is 6.00. The molecule has 1 heterocycles. The van der Waals surface area contributed by atoms with Gasteiger partial charge in [0.1, 0.15) is 12.9 Å². The highest BCUT2D eigenvalue weighted by atomic mass is 32.2. The first-order chi connectivity index (χ1) is 6.54. The molecule has 0 atom stereocenters. The van der Waals surface area contributed by atoms with Crippen LogP contribution in [-0.4, -0.2) is 19.7 Å². The highest BCUT2D eigenvalue weighted by molar-refractivity contribution is 7.85.